The van der Waals surface area contributed by atoms with Crippen LogP contribution in [0.1, 0.15) is 10.4 Å². The number of amides is 1. The van der Waals surface area contributed by atoms with Crippen molar-refractivity contribution in [3.63, 3.8) is 0 Å². The quantitative estimate of drug-likeness (QED) is 0.552. The van der Waals surface area contributed by atoms with Gasteiger partial charge in [0.1, 0.15) is 0 Å². The number of hydrogen-bond acceptors (Lipinski definition) is 6. The maximum Gasteiger partial charge on any atom is 0.255 e. The number of carbonyl (C=O) groups is 1. The summed E-state index contributed by atoms with van der Waals surface area (Å²) in [4.78, 5) is 14.9. The zero-order chi connectivity index (χ0) is 23.3. The van der Waals surface area contributed by atoms with Gasteiger partial charge in [-0.05, 0) is 61.6 Å². The predicted molar refractivity (Wildman–Crippen MR) is 128 cm³/mol. The maximum absolute atomic E-state index is 13.0. The second-order valence-electron chi connectivity index (χ2n) is 7.77. The highest BCUT2D eigenvalue weighted by Crippen LogP contribution is 2.22. The number of piperazine rings is 1. The molecule has 0 aromatic heterocycles. The molecule has 0 bridgehead atoms. The first-order valence-electron chi connectivity index (χ1n) is 10.6. The molecule has 0 aliphatic carbocycles. The van der Waals surface area contributed by atoms with Gasteiger partial charge in [-0.3, -0.25) is 4.79 Å². The maximum atomic E-state index is 13.0. The molecule has 0 radical (unpaired) electrons. The minimum Gasteiger partial charge on any atom is -0.322 e. The summed E-state index contributed by atoms with van der Waals surface area (Å²) in [5.74, 6) is -0.385. The highest BCUT2D eigenvalue weighted by Gasteiger charge is 2.27. The van der Waals surface area contributed by atoms with Crippen LogP contribution in [0.5, 0.6) is 0 Å². The van der Waals surface area contributed by atoms with Crippen molar-refractivity contribution in [2.75, 3.05) is 38.5 Å². The van der Waals surface area contributed by atoms with E-state index in [1.54, 1.807) is 36.4 Å². The standard InChI is InChI=1S/C24H25N5O3S/c1-28-14-16-29(17-15-28)33(31,32)23-9-5-6-19(18-23)24(30)25-20-10-12-22(13-11-20)27-26-21-7-3-2-4-8-21/h2-13,18H,14-17H2,1H3,(H,25,30). The third kappa shape index (κ3) is 5.70. The summed E-state index contributed by atoms with van der Waals surface area (Å²) < 4.78 is 27.4. The van der Waals surface area contributed by atoms with Crippen molar-refractivity contribution in [2.45, 2.75) is 4.90 Å². The Morgan fingerprint density at radius 2 is 1.45 bits per heavy atom. The molecule has 1 amide bonds. The van der Waals surface area contributed by atoms with Crippen LogP contribution < -0.4 is 5.32 Å². The van der Waals surface area contributed by atoms with Crippen molar-refractivity contribution < 1.29 is 13.2 Å². The largest absolute Gasteiger partial charge is 0.322 e. The van der Waals surface area contributed by atoms with Crippen molar-refractivity contribution in [1.29, 1.82) is 0 Å². The Bertz CT molecular complexity index is 1240. The highest BCUT2D eigenvalue weighted by atomic mass is 32.2. The summed E-state index contributed by atoms with van der Waals surface area (Å²) in [6.07, 6.45) is 0. The van der Waals surface area contributed by atoms with Gasteiger partial charge < -0.3 is 10.2 Å². The van der Waals surface area contributed by atoms with E-state index in [1.807, 2.05) is 37.4 Å². The summed E-state index contributed by atoms with van der Waals surface area (Å²) in [5, 5.41) is 11.1. The molecule has 1 aliphatic rings. The summed E-state index contributed by atoms with van der Waals surface area (Å²) >= 11 is 0. The third-order valence-corrected chi connectivity index (χ3v) is 7.25. The van der Waals surface area contributed by atoms with E-state index in [4.69, 9.17) is 0 Å². The average Bonchev–Trinajstić information content (AvgIpc) is 2.84. The summed E-state index contributed by atoms with van der Waals surface area (Å²) in [6.45, 7) is 2.23. The van der Waals surface area contributed by atoms with Gasteiger partial charge in [-0.1, -0.05) is 24.3 Å². The van der Waals surface area contributed by atoms with Crippen LogP contribution in [0.3, 0.4) is 0 Å². The first kappa shape index (κ1) is 22.8. The molecule has 0 saturated carbocycles. The van der Waals surface area contributed by atoms with E-state index >= 15 is 0 Å². The topological polar surface area (TPSA) is 94.4 Å². The minimum atomic E-state index is -3.65. The normalized spacial score (nSPS) is 15.5. The van der Waals surface area contributed by atoms with E-state index in [1.165, 1.54) is 16.4 Å². The molecule has 3 aromatic carbocycles. The summed E-state index contributed by atoms with van der Waals surface area (Å²) in [5.41, 5.74) is 2.25. The van der Waals surface area contributed by atoms with Gasteiger partial charge in [0.15, 0.2) is 0 Å². The van der Waals surface area contributed by atoms with E-state index in [0.29, 0.717) is 37.6 Å². The Labute approximate surface area is 193 Å². The summed E-state index contributed by atoms with van der Waals surface area (Å²) in [7, 11) is -1.68. The molecule has 0 spiro atoms. The molecular formula is C24H25N5O3S. The molecule has 0 atom stereocenters. The Kier molecular flexibility index (Phi) is 6.93. The Morgan fingerprint density at radius 3 is 2.12 bits per heavy atom. The van der Waals surface area contributed by atoms with Gasteiger partial charge in [0.25, 0.3) is 5.91 Å². The number of azo groups is 1. The predicted octanol–water partition coefficient (Wildman–Crippen LogP) is 4.29. The van der Waals surface area contributed by atoms with Gasteiger partial charge >= 0.3 is 0 Å². The molecule has 170 valence electrons. The molecule has 3 aromatic rings. The van der Waals surface area contributed by atoms with Crippen LogP contribution in [0, 0.1) is 0 Å². The zero-order valence-corrected chi connectivity index (χ0v) is 19.1. The second-order valence-corrected chi connectivity index (χ2v) is 9.71. The zero-order valence-electron chi connectivity index (χ0n) is 18.3. The van der Waals surface area contributed by atoms with Crippen LogP contribution >= 0.6 is 0 Å². The van der Waals surface area contributed by atoms with E-state index in [9.17, 15) is 13.2 Å². The Balaban J connectivity index is 1.43. The number of sulfonamides is 1. The number of nitrogens with zero attached hydrogens (tertiary/aromatic N) is 4. The monoisotopic (exact) mass is 463 g/mol. The van der Waals surface area contributed by atoms with Crippen molar-refractivity contribution in [3.05, 3.63) is 84.4 Å². The molecule has 4 rings (SSSR count). The van der Waals surface area contributed by atoms with E-state index in [2.05, 4.69) is 20.4 Å². The average molecular weight is 464 g/mol. The minimum absolute atomic E-state index is 0.122. The Morgan fingerprint density at radius 1 is 0.818 bits per heavy atom. The number of rotatable bonds is 6. The fourth-order valence-corrected chi connectivity index (χ4v) is 4.87. The molecule has 0 unspecified atom stereocenters. The fourth-order valence-electron chi connectivity index (χ4n) is 3.40. The van der Waals surface area contributed by atoms with Crippen molar-refractivity contribution in [3.8, 4) is 0 Å². The van der Waals surface area contributed by atoms with Gasteiger partial charge in [-0.25, -0.2) is 8.42 Å². The van der Waals surface area contributed by atoms with Crippen LogP contribution in [0.15, 0.2) is 94.0 Å². The van der Waals surface area contributed by atoms with Crippen LogP contribution in [0.2, 0.25) is 0 Å². The molecule has 9 heteroatoms. The number of benzene rings is 3. The molecule has 1 saturated heterocycles. The lowest BCUT2D eigenvalue weighted by atomic mass is 10.2. The molecule has 1 N–H and O–H groups in total. The van der Waals surface area contributed by atoms with Gasteiger partial charge in [0.2, 0.25) is 10.0 Å². The lowest BCUT2D eigenvalue weighted by Gasteiger charge is -2.31. The first-order valence-corrected chi connectivity index (χ1v) is 12.0. The number of nitrogens with one attached hydrogen (secondary N) is 1. The molecule has 1 heterocycles. The molecule has 1 fully saturated rings. The first-order chi connectivity index (χ1) is 15.9. The molecular weight excluding hydrogens is 438 g/mol. The van der Waals surface area contributed by atoms with Gasteiger partial charge in [0.05, 0.1) is 16.3 Å². The molecule has 1 aliphatic heterocycles. The van der Waals surface area contributed by atoms with Crippen LogP contribution in [0.25, 0.3) is 0 Å². The SMILES string of the molecule is CN1CCN(S(=O)(=O)c2cccc(C(=O)Nc3ccc(N=Nc4ccccc4)cc3)c2)CC1. The van der Waals surface area contributed by atoms with Crippen molar-refractivity contribution >= 4 is 33.0 Å². The highest BCUT2D eigenvalue weighted by molar-refractivity contribution is 7.89. The van der Waals surface area contributed by atoms with E-state index in [-0.39, 0.29) is 16.4 Å². The smallest absolute Gasteiger partial charge is 0.255 e. The molecule has 33 heavy (non-hydrogen) atoms. The number of hydrogen-bond donors (Lipinski definition) is 1. The lowest BCUT2D eigenvalue weighted by molar-refractivity contribution is 0.102. The van der Waals surface area contributed by atoms with Crippen molar-refractivity contribution in [2.24, 2.45) is 10.2 Å². The number of anilines is 1. The third-order valence-electron chi connectivity index (χ3n) is 5.36. The van der Waals surface area contributed by atoms with Gasteiger partial charge in [0, 0.05) is 37.4 Å². The van der Waals surface area contributed by atoms with Crippen LogP contribution in [-0.2, 0) is 10.0 Å². The van der Waals surface area contributed by atoms with Crippen LogP contribution in [-0.4, -0.2) is 56.8 Å². The number of carbonyl (C=O) groups excluding carboxylic acids is 1. The van der Waals surface area contributed by atoms with E-state index in [0.717, 1.165) is 5.69 Å². The Hall–Kier alpha value is -3.40. The molecule has 8 nitrogen and oxygen atoms in total. The van der Waals surface area contributed by atoms with Gasteiger partial charge in [-0.2, -0.15) is 14.5 Å². The van der Waals surface area contributed by atoms with Gasteiger partial charge in [-0.15, -0.1) is 0 Å². The van der Waals surface area contributed by atoms with Crippen LogP contribution in [0.4, 0.5) is 17.1 Å². The lowest BCUT2D eigenvalue weighted by Crippen LogP contribution is -2.47. The van der Waals surface area contributed by atoms with E-state index < -0.39 is 10.0 Å². The second kappa shape index (κ2) is 10.0. The fraction of sp³-hybridized carbons (Fsp3) is 0.208. The summed E-state index contributed by atoms with van der Waals surface area (Å²) in [6, 6.07) is 22.5. The van der Waals surface area contributed by atoms with Crippen molar-refractivity contribution in [1.82, 2.24) is 9.21 Å². The number of likely N-dealkylation sites (N-methyl/N-ethyl adjacent to an activating group) is 1.